The molecular weight excluding hydrogens is 372 g/mol. The van der Waals surface area contributed by atoms with Gasteiger partial charge in [0.05, 0.1) is 11.4 Å². The molecule has 30 heavy (non-hydrogen) atoms. The fourth-order valence-corrected chi connectivity index (χ4v) is 4.47. The number of aliphatic imine (C=N–C) groups is 1. The van der Waals surface area contributed by atoms with E-state index in [2.05, 4.69) is 46.3 Å². The van der Waals surface area contributed by atoms with E-state index in [4.69, 9.17) is 5.41 Å². The highest BCUT2D eigenvalue weighted by Crippen LogP contribution is 2.39. The van der Waals surface area contributed by atoms with Gasteiger partial charge >= 0.3 is 0 Å². The highest BCUT2D eigenvalue weighted by molar-refractivity contribution is 6.06. The van der Waals surface area contributed by atoms with Gasteiger partial charge in [0.15, 0.2) is 0 Å². The van der Waals surface area contributed by atoms with Crippen LogP contribution in [0.25, 0.3) is 22.4 Å². The van der Waals surface area contributed by atoms with Crippen LogP contribution in [0.1, 0.15) is 42.5 Å². The minimum Gasteiger partial charge on any atom is -0.305 e. The lowest BCUT2D eigenvalue weighted by Crippen LogP contribution is -2.04. The van der Waals surface area contributed by atoms with Crippen molar-refractivity contribution in [3.63, 3.8) is 0 Å². The molecule has 2 aliphatic rings. The Hall–Kier alpha value is -3.47. The van der Waals surface area contributed by atoms with Gasteiger partial charge in [-0.15, -0.1) is 0 Å². The number of fused-ring (bicyclic) bond motifs is 2. The van der Waals surface area contributed by atoms with Gasteiger partial charge in [0.2, 0.25) is 0 Å². The normalized spacial score (nSPS) is 19.8. The first-order chi connectivity index (χ1) is 14.6. The molecule has 0 amide bonds. The van der Waals surface area contributed by atoms with Crippen molar-refractivity contribution in [2.24, 2.45) is 16.1 Å². The average Bonchev–Trinajstić information content (AvgIpc) is 3.13. The van der Waals surface area contributed by atoms with Crippen molar-refractivity contribution in [3.05, 3.63) is 76.3 Å². The lowest BCUT2D eigenvalue weighted by atomic mass is 9.93. The zero-order valence-electron chi connectivity index (χ0n) is 16.8. The van der Waals surface area contributed by atoms with Gasteiger partial charge in [-0.2, -0.15) is 4.91 Å². The molecule has 1 aromatic heterocycles. The molecule has 0 fully saturated rings. The summed E-state index contributed by atoms with van der Waals surface area (Å²) in [5.74, 6) is 0.262. The van der Waals surface area contributed by atoms with Gasteiger partial charge in [-0.05, 0) is 66.1 Å². The number of hydrogen-bond donors (Lipinski definition) is 1. The molecule has 1 aliphatic carbocycles. The van der Waals surface area contributed by atoms with Crippen molar-refractivity contribution >= 4 is 17.6 Å². The summed E-state index contributed by atoms with van der Waals surface area (Å²) in [6.07, 6.45) is 6.08. The van der Waals surface area contributed by atoms with Crippen molar-refractivity contribution in [1.82, 2.24) is 4.98 Å². The predicted molar refractivity (Wildman–Crippen MR) is 121 cm³/mol. The summed E-state index contributed by atoms with van der Waals surface area (Å²) in [7, 11) is 0. The molecule has 5 heteroatoms. The van der Waals surface area contributed by atoms with Gasteiger partial charge in [0.1, 0.15) is 6.04 Å². The Morgan fingerprint density at radius 3 is 2.80 bits per heavy atom. The first kappa shape index (κ1) is 18.6. The maximum Gasteiger partial charge on any atom is 0.117 e. The molecular formula is C25H22N4O. The largest absolute Gasteiger partial charge is 0.305 e. The van der Waals surface area contributed by atoms with E-state index in [1.54, 1.807) is 6.20 Å². The van der Waals surface area contributed by atoms with Crippen molar-refractivity contribution < 1.29 is 0 Å². The van der Waals surface area contributed by atoms with Crippen LogP contribution in [0.15, 0.2) is 64.9 Å². The molecule has 1 N–H and O–H groups in total. The summed E-state index contributed by atoms with van der Waals surface area (Å²) < 4.78 is 0. The number of hydrogen-bond acceptors (Lipinski definition) is 5. The lowest BCUT2D eigenvalue weighted by molar-refractivity contribution is 0.710. The SMILES string of the molecule is CC1C=Nc2ccc(-c3cccnc3-c3ccc4c(c3)CCC4N=O)cc2C(=N)C1. The Balaban J connectivity index is 1.59. The number of nitrogens with zero attached hydrogens (tertiary/aromatic N) is 3. The van der Waals surface area contributed by atoms with Crippen LogP contribution in [-0.2, 0) is 6.42 Å². The van der Waals surface area contributed by atoms with Crippen LogP contribution in [0.2, 0.25) is 0 Å². The molecule has 5 rings (SSSR count). The van der Waals surface area contributed by atoms with E-state index < -0.39 is 0 Å². The molecule has 0 spiro atoms. The van der Waals surface area contributed by atoms with E-state index in [9.17, 15) is 4.91 Å². The fraction of sp³-hybridized carbons (Fsp3) is 0.240. The number of benzene rings is 2. The fourth-order valence-electron chi connectivity index (χ4n) is 4.47. The molecule has 0 radical (unpaired) electrons. The molecule has 2 aromatic carbocycles. The molecule has 2 atom stereocenters. The van der Waals surface area contributed by atoms with E-state index in [1.807, 2.05) is 30.5 Å². The lowest BCUT2D eigenvalue weighted by Gasteiger charge is -2.13. The van der Waals surface area contributed by atoms with E-state index in [1.165, 1.54) is 5.56 Å². The molecule has 3 aromatic rings. The van der Waals surface area contributed by atoms with Crippen LogP contribution in [0.4, 0.5) is 5.69 Å². The minimum absolute atomic E-state index is 0.226. The van der Waals surface area contributed by atoms with Gasteiger partial charge in [0.25, 0.3) is 0 Å². The molecule has 0 bridgehead atoms. The van der Waals surface area contributed by atoms with Crippen LogP contribution in [-0.4, -0.2) is 16.9 Å². The summed E-state index contributed by atoms with van der Waals surface area (Å²) in [5.41, 5.74) is 8.56. The summed E-state index contributed by atoms with van der Waals surface area (Å²) in [6, 6.07) is 16.1. The van der Waals surface area contributed by atoms with E-state index in [0.29, 0.717) is 12.1 Å². The summed E-state index contributed by atoms with van der Waals surface area (Å²) in [6.45, 7) is 2.09. The van der Waals surface area contributed by atoms with E-state index in [-0.39, 0.29) is 12.0 Å². The third-order valence-electron chi connectivity index (χ3n) is 6.02. The molecule has 1 aliphatic heterocycles. The zero-order valence-corrected chi connectivity index (χ0v) is 16.8. The second-order valence-corrected chi connectivity index (χ2v) is 8.14. The maximum atomic E-state index is 11.1. The van der Waals surface area contributed by atoms with Crippen LogP contribution in [0.5, 0.6) is 0 Å². The summed E-state index contributed by atoms with van der Waals surface area (Å²) >= 11 is 0. The quantitative estimate of drug-likeness (QED) is 0.531. The highest BCUT2D eigenvalue weighted by Gasteiger charge is 2.24. The van der Waals surface area contributed by atoms with Crippen molar-refractivity contribution in [3.8, 4) is 22.4 Å². The number of rotatable bonds is 3. The maximum absolute atomic E-state index is 11.1. The molecule has 0 saturated carbocycles. The second kappa shape index (κ2) is 7.41. The number of pyridine rings is 1. The topological polar surface area (TPSA) is 78.5 Å². The van der Waals surface area contributed by atoms with Crippen LogP contribution in [0, 0.1) is 16.2 Å². The van der Waals surface area contributed by atoms with Gasteiger partial charge in [0, 0.05) is 34.8 Å². The Morgan fingerprint density at radius 1 is 1.07 bits per heavy atom. The predicted octanol–water partition coefficient (Wildman–Crippen LogP) is 6.28. The van der Waals surface area contributed by atoms with Crippen LogP contribution in [0.3, 0.4) is 0 Å². The van der Waals surface area contributed by atoms with Crippen molar-refractivity contribution in [1.29, 1.82) is 5.41 Å². The van der Waals surface area contributed by atoms with Gasteiger partial charge < -0.3 is 5.41 Å². The summed E-state index contributed by atoms with van der Waals surface area (Å²) in [5, 5.41) is 11.8. The molecule has 0 saturated heterocycles. The van der Waals surface area contributed by atoms with Crippen LogP contribution < -0.4 is 0 Å². The van der Waals surface area contributed by atoms with Gasteiger partial charge in [-0.25, -0.2) is 0 Å². The van der Waals surface area contributed by atoms with Crippen LogP contribution >= 0.6 is 0 Å². The second-order valence-electron chi connectivity index (χ2n) is 8.14. The van der Waals surface area contributed by atoms with E-state index in [0.717, 1.165) is 52.0 Å². The number of aromatic nitrogens is 1. The number of nitroso groups, excluding NO2 is 1. The molecule has 148 valence electrons. The molecule has 5 nitrogen and oxygen atoms in total. The Morgan fingerprint density at radius 2 is 1.93 bits per heavy atom. The standard InChI is InChI=1S/C25H22N4O/c1-15-11-22(26)21-13-17(5-8-23(21)28-14-15)20-3-2-10-27-25(20)18-4-7-19-16(12-18)6-9-24(19)29-30/h2-5,7-8,10,12-15,24,26H,6,9,11H2,1H3. The third-order valence-corrected chi connectivity index (χ3v) is 6.02. The van der Waals surface area contributed by atoms with Gasteiger partial charge in [-0.1, -0.05) is 36.4 Å². The Labute approximate surface area is 175 Å². The first-order valence-electron chi connectivity index (χ1n) is 10.3. The third kappa shape index (κ3) is 3.16. The first-order valence-corrected chi connectivity index (χ1v) is 10.3. The monoisotopic (exact) mass is 394 g/mol. The molecule has 2 heterocycles. The number of aryl methyl sites for hydroxylation is 1. The minimum atomic E-state index is -0.226. The van der Waals surface area contributed by atoms with Gasteiger partial charge in [-0.3, -0.25) is 9.98 Å². The molecule has 2 unspecified atom stereocenters. The van der Waals surface area contributed by atoms with E-state index >= 15 is 0 Å². The average molecular weight is 394 g/mol. The van der Waals surface area contributed by atoms with Crippen molar-refractivity contribution in [2.75, 3.05) is 0 Å². The number of nitrogens with one attached hydrogen (secondary N) is 1. The highest BCUT2D eigenvalue weighted by atomic mass is 16.3. The van der Waals surface area contributed by atoms with Crippen molar-refractivity contribution in [2.45, 2.75) is 32.2 Å². The zero-order chi connectivity index (χ0) is 20.7. The Kier molecular flexibility index (Phi) is 4.58. The Bertz CT molecular complexity index is 1200. The smallest absolute Gasteiger partial charge is 0.117 e. The summed E-state index contributed by atoms with van der Waals surface area (Å²) in [4.78, 5) is 20.3.